The first kappa shape index (κ1) is 23.4. The van der Waals surface area contributed by atoms with E-state index in [1.54, 1.807) is 7.11 Å². The van der Waals surface area contributed by atoms with Gasteiger partial charge in [-0.15, -0.1) is 0 Å². The summed E-state index contributed by atoms with van der Waals surface area (Å²) in [6.07, 6.45) is -0.0323. The van der Waals surface area contributed by atoms with Crippen LogP contribution in [0.15, 0.2) is 51.6 Å². The van der Waals surface area contributed by atoms with Crippen LogP contribution in [0.5, 0.6) is 5.75 Å². The highest BCUT2D eigenvalue weighted by Gasteiger charge is 2.41. The standard InChI is InChI=1S/C24H29N3O5S/c1-15(2)32-23(29)21-16(3)25-24-27(22(21)17-5-7-19(30-4)8-6-17)18(14-33-24)13-20(28)26-9-11-31-12-10-26/h5-8,14-15,22H,9-13H2,1-4H3. The van der Waals surface area contributed by atoms with Crippen molar-refractivity contribution in [3.63, 3.8) is 0 Å². The van der Waals surface area contributed by atoms with E-state index in [4.69, 9.17) is 19.2 Å². The van der Waals surface area contributed by atoms with Crippen LogP contribution in [0.2, 0.25) is 0 Å². The number of methoxy groups -OCH3 is 1. The molecule has 0 N–H and O–H groups in total. The lowest BCUT2D eigenvalue weighted by Gasteiger charge is -2.37. The van der Waals surface area contributed by atoms with Gasteiger partial charge in [-0.25, -0.2) is 9.79 Å². The zero-order chi connectivity index (χ0) is 23.5. The van der Waals surface area contributed by atoms with E-state index in [9.17, 15) is 9.59 Å². The largest absolute Gasteiger partial charge is 0.497 e. The molecule has 9 heteroatoms. The summed E-state index contributed by atoms with van der Waals surface area (Å²) in [6.45, 7) is 7.77. The van der Waals surface area contributed by atoms with Crippen LogP contribution in [-0.2, 0) is 19.1 Å². The summed E-state index contributed by atoms with van der Waals surface area (Å²) in [6, 6.07) is 7.16. The summed E-state index contributed by atoms with van der Waals surface area (Å²) in [5.41, 5.74) is 2.81. The van der Waals surface area contributed by atoms with Crippen molar-refractivity contribution in [2.24, 2.45) is 4.99 Å². The molecule has 4 rings (SSSR count). The Morgan fingerprint density at radius 3 is 2.55 bits per heavy atom. The number of ether oxygens (including phenoxy) is 3. The highest BCUT2D eigenvalue weighted by molar-refractivity contribution is 8.16. The molecule has 0 aliphatic carbocycles. The average Bonchev–Trinajstić information content (AvgIpc) is 3.20. The Bertz CT molecular complexity index is 1010. The SMILES string of the molecule is COc1ccc(C2C(C(=O)OC(C)C)=C(C)N=C3SC=C(CC(=O)N4CCOCC4)N32)cc1. The maximum absolute atomic E-state index is 13.2. The van der Waals surface area contributed by atoms with Gasteiger partial charge in [0.1, 0.15) is 5.75 Å². The maximum Gasteiger partial charge on any atom is 0.338 e. The molecule has 3 aliphatic heterocycles. The zero-order valence-electron chi connectivity index (χ0n) is 19.4. The number of benzene rings is 1. The lowest BCUT2D eigenvalue weighted by molar-refractivity contribution is -0.143. The molecule has 1 atom stereocenters. The number of amidine groups is 1. The van der Waals surface area contributed by atoms with Crippen LogP contribution in [0.25, 0.3) is 0 Å². The Morgan fingerprint density at radius 2 is 1.91 bits per heavy atom. The lowest BCUT2D eigenvalue weighted by Crippen LogP contribution is -2.42. The molecule has 0 spiro atoms. The fourth-order valence-corrected chi connectivity index (χ4v) is 5.05. The molecule has 1 amide bonds. The molecular weight excluding hydrogens is 442 g/mol. The first-order valence-electron chi connectivity index (χ1n) is 11.0. The quantitative estimate of drug-likeness (QED) is 0.588. The van der Waals surface area contributed by atoms with Crippen molar-refractivity contribution in [2.75, 3.05) is 33.4 Å². The van der Waals surface area contributed by atoms with Gasteiger partial charge in [-0.2, -0.15) is 0 Å². The van der Waals surface area contributed by atoms with E-state index in [0.29, 0.717) is 37.6 Å². The van der Waals surface area contributed by atoms with E-state index in [0.717, 1.165) is 22.2 Å². The van der Waals surface area contributed by atoms with Gasteiger partial charge in [0.25, 0.3) is 0 Å². The maximum atomic E-state index is 13.2. The van der Waals surface area contributed by atoms with Gasteiger partial charge in [-0.1, -0.05) is 23.9 Å². The second kappa shape index (κ2) is 10.0. The molecule has 0 radical (unpaired) electrons. The van der Waals surface area contributed by atoms with Crippen molar-refractivity contribution in [1.82, 2.24) is 9.80 Å². The predicted octanol–water partition coefficient (Wildman–Crippen LogP) is 3.47. The monoisotopic (exact) mass is 471 g/mol. The molecule has 1 aromatic carbocycles. The smallest absolute Gasteiger partial charge is 0.338 e. The molecule has 3 aliphatic rings. The molecule has 176 valence electrons. The number of morpholine rings is 1. The van der Waals surface area contributed by atoms with Gasteiger partial charge < -0.3 is 24.0 Å². The molecule has 1 saturated heterocycles. The lowest BCUT2D eigenvalue weighted by atomic mass is 9.93. The minimum atomic E-state index is -0.451. The Balaban J connectivity index is 1.69. The van der Waals surface area contributed by atoms with Crippen LogP contribution < -0.4 is 4.74 Å². The molecule has 0 aromatic heterocycles. The topological polar surface area (TPSA) is 80.7 Å². The van der Waals surface area contributed by atoms with Crippen molar-refractivity contribution in [1.29, 1.82) is 0 Å². The van der Waals surface area contributed by atoms with Crippen molar-refractivity contribution in [2.45, 2.75) is 39.3 Å². The second-order valence-electron chi connectivity index (χ2n) is 8.29. The van der Waals surface area contributed by atoms with Crippen molar-refractivity contribution in [3.05, 3.63) is 52.2 Å². The summed E-state index contributed by atoms with van der Waals surface area (Å²) in [4.78, 5) is 34.7. The van der Waals surface area contributed by atoms with E-state index in [-0.39, 0.29) is 18.4 Å². The average molecular weight is 472 g/mol. The predicted molar refractivity (Wildman–Crippen MR) is 127 cm³/mol. The molecule has 0 bridgehead atoms. The molecule has 3 heterocycles. The highest BCUT2D eigenvalue weighted by atomic mass is 32.2. The van der Waals surface area contributed by atoms with Gasteiger partial charge in [0.05, 0.1) is 50.2 Å². The van der Waals surface area contributed by atoms with Crippen LogP contribution in [-0.4, -0.2) is 66.4 Å². The van der Waals surface area contributed by atoms with E-state index in [2.05, 4.69) is 0 Å². The third-order valence-corrected chi connectivity index (χ3v) is 6.58. The van der Waals surface area contributed by atoms with Gasteiger partial charge in [-0.05, 0) is 43.9 Å². The van der Waals surface area contributed by atoms with Crippen LogP contribution in [0, 0.1) is 0 Å². The molecule has 8 nitrogen and oxygen atoms in total. The Kier molecular flexibility index (Phi) is 7.09. The van der Waals surface area contributed by atoms with Gasteiger partial charge >= 0.3 is 5.97 Å². The highest BCUT2D eigenvalue weighted by Crippen LogP contribution is 2.45. The molecule has 1 fully saturated rings. The third-order valence-electron chi connectivity index (χ3n) is 5.69. The number of rotatable bonds is 6. The zero-order valence-corrected chi connectivity index (χ0v) is 20.2. The molecular formula is C24H29N3O5S. The number of allylic oxidation sites excluding steroid dienone is 1. The van der Waals surface area contributed by atoms with Crippen molar-refractivity contribution < 1.29 is 23.8 Å². The summed E-state index contributed by atoms with van der Waals surface area (Å²) in [7, 11) is 1.62. The summed E-state index contributed by atoms with van der Waals surface area (Å²) in [5.74, 6) is 0.365. The third kappa shape index (κ3) is 4.94. The molecule has 0 saturated carbocycles. The van der Waals surface area contributed by atoms with Crippen molar-refractivity contribution in [3.8, 4) is 5.75 Å². The fraction of sp³-hybridized carbons (Fsp3) is 0.458. The van der Waals surface area contributed by atoms with Gasteiger partial charge in [-0.3, -0.25) is 4.79 Å². The summed E-state index contributed by atoms with van der Waals surface area (Å²) in [5, 5.41) is 2.71. The number of carbonyl (C=O) groups is 2. The minimum absolute atomic E-state index is 0.0393. The normalized spacial score (nSPS) is 20.5. The molecule has 33 heavy (non-hydrogen) atoms. The number of carbonyl (C=O) groups excluding carboxylic acids is 2. The van der Waals surface area contributed by atoms with Crippen LogP contribution in [0.4, 0.5) is 0 Å². The van der Waals surface area contributed by atoms with E-state index >= 15 is 0 Å². The number of esters is 1. The van der Waals surface area contributed by atoms with E-state index in [1.807, 2.05) is 60.2 Å². The van der Waals surface area contributed by atoms with Gasteiger partial charge in [0.2, 0.25) is 5.91 Å². The second-order valence-corrected chi connectivity index (χ2v) is 9.13. The Labute approximate surface area is 198 Å². The first-order chi connectivity index (χ1) is 15.9. The van der Waals surface area contributed by atoms with Crippen LogP contribution in [0.3, 0.4) is 0 Å². The number of amides is 1. The summed E-state index contributed by atoms with van der Waals surface area (Å²) < 4.78 is 16.3. The molecule has 1 aromatic rings. The Hall–Kier alpha value is -2.78. The van der Waals surface area contributed by atoms with Gasteiger partial charge in [0, 0.05) is 18.8 Å². The minimum Gasteiger partial charge on any atom is -0.497 e. The van der Waals surface area contributed by atoms with Crippen molar-refractivity contribution >= 4 is 28.8 Å². The van der Waals surface area contributed by atoms with E-state index < -0.39 is 12.0 Å². The van der Waals surface area contributed by atoms with Crippen LogP contribution in [0.1, 0.15) is 38.8 Å². The number of nitrogens with zero attached hydrogens (tertiary/aromatic N) is 3. The Morgan fingerprint density at radius 1 is 1.21 bits per heavy atom. The number of aliphatic imine (C=N–C) groups is 1. The summed E-state index contributed by atoms with van der Waals surface area (Å²) >= 11 is 1.47. The fourth-order valence-electron chi connectivity index (χ4n) is 4.09. The number of hydrogen-bond donors (Lipinski definition) is 0. The van der Waals surface area contributed by atoms with Gasteiger partial charge in [0.15, 0.2) is 5.17 Å². The van der Waals surface area contributed by atoms with E-state index in [1.165, 1.54) is 11.8 Å². The molecule has 1 unspecified atom stereocenters. The van der Waals surface area contributed by atoms with Crippen LogP contribution >= 0.6 is 11.8 Å². The first-order valence-corrected chi connectivity index (χ1v) is 11.9. The number of thioether (sulfide) groups is 1. The number of fused-ring (bicyclic) bond motifs is 1. The number of hydrogen-bond acceptors (Lipinski definition) is 8.